The molecule has 0 aliphatic carbocycles. The highest BCUT2D eigenvalue weighted by molar-refractivity contribution is 5.94. The molecule has 1 amide bonds. The van der Waals surface area contributed by atoms with Gasteiger partial charge in [0, 0.05) is 37.0 Å². The van der Waals surface area contributed by atoms with E-state index < -0.39 is 0 Å². The lowest BCUT2D eigenvalue weighted by atomic mass is 9.79. The molecule has 2 heterocycles. The van der Waals surface area contributed by atoms with Gasteiger partial charge in [-0.3, -0.25) is 4.79 Å². The largest absolute Gasteiger partial charge is 0.384 e. The highest BCUT2D eigenvalue weighted by Crippen LogP contribution is 2.28. The average molecular weight is 365 g/mol. The Morgan fingerprint density at radius 2 is 2.04 bits per heavy atom. The number of ether oxygens (including phenoxy) is 1. The number of amides is 1. The van der Waals surface area contributed by atoms with Crippen LogP contribution in [-0.2, 0) is 4.74 Å². The standard InChI is InChI=1S/C18H24N4O2.ClH/c1-24-14-18(7-10-19-11-8-18)13-20-17(23)15-3-5-16(6-4-15)22-12-2-9-21-22;/h2-6,9,12,19H,7-8,10-11,13-14H2,1H3,(H,20,23);1H. The molecule has 0 atom stereocenters. The maximum Gasteiger partial charge on any atom is 0.251 e. The molecule has 6 nitrogen and oxygen atoms in total. The lowest BCUT2D eigenvalue weighted by molar-refractivity contribution is 0.0512. The van der Waals surface area contributed by atoms with Gasteiger partial charge >= 0.3 is 0 Å². The first-order valence-corrected chi connectivity index (χ1v) is 8.30. The number of hydrogen-bond acceptors (Lipinski definition) is 4. The van der Waals surface area contributed by atoms with Crippen molar-refractivity contribution in [2.24, 2.45) is 5.41 Å². The zero-order chi connectivity index (χ0) is 16.8. The van der Waals surface area contributed by atoms with Gasteiger partial charge in [-0.25, -0.2) is 4.68 Å². The molecule has 0 spiro atoms. The Balaban J connectivity index is 0.00000225. The van der Waals surface area contributed by atoms with Crippen molar-refractivity contribution in [3.8, 4) is 5.69 Å². The Kier molecular flexibility index (Phi) is 6.99. The molecule has 1 aromatic carbocycles. The fourth-order valence-electron chi connectivity index (χ4n) is 3.19. The average Bonchev–Trinajstić information content (AvgIpc) is 3.16. The minimum absolute atomic E-state index is 0. The van der Waals surface area contributed by atoms with Gasteiger partial charge in [0.25, 0.3) is 5.91 Å². The number of nitrogens with one attached hydrogen (secondary N) is 2. The van der Waals surface area contributed by atoms with E-state index in [1.807, 2.05) is 36.5 Å². The first-order chi connectivity index (χ1) is 11.7. The van der Waals surface area contributed by atoms with Gasteiger partial charge < -0.3 is 15.4 Å². The number of rotatable bonds is 6. The third-order valence-electron chi connectivity index (χ3n) is 4.64. The highest BCUT2D eigenvalue weighted by atomic mass is 35.5. The number of piperidine rings is 1. The van der Waals surface area contributed by atoms with Crippen molar-refractivity contribution in [3.05, 3.63) is 48.3 Å². The fraction of sp³-hybridized carbons (Fsp3) is 0.444. The van der Waals surface area contributed by atoms with Gasteiger partial charge in [-0.2, -0.15) is 5.10 Å². The second-order valence-electron chi connectivity index (χ2n) is 6.36. The lowest BCUT2D eigenvalue weighted by Crippen LogP contribution is -2.47. The monoisotopic (exact) mass is 364 g/mol. The number of nitrogens with zero attached hydrogens (tertiary/aromatic N) is 2. The third kappa shape index (κ3) is 4.81. The summed E-state index contributed by atoms with van der Waals surface area (Å²) in [5, 5.41) is 10.6. The molecule has 136 valence electrons. The summed E-state index contributed by atoms with van der Waals surface area (Å²) in [6.45, 7) is 3.26. The number of methoxy groups -OCH3 is 1. The van der Waals surface area contributed by atoms with E-state index in [2.05, 4.69) is 15.7 Å². The summed E-state index contributed by atoms with van der Waals surface area (Å²) >= 11 is 0. The minimum atomic E-state index is -0.0453. The molecule has 0 unspecified atom stereocenters. The predicted octanol–water partition coefficient (Wildman–Crippen LogP) is 2.04. The molecular weight excluding hydrogens is 340 g/mol. The van der Waals surface area contributed by atoms with Gasteiger partial charge in [0.15, 0.2) is 0 Å². The first-order valence-electron chi connectivity index (χ1n) is 8.30. The maximum atomic E-state index is 12.4. The van der Waals surface area contributed by atoms with E-state index in [1.165, 1.54) is 0 Å². The number of carbonyl (C=O) groups excluding carboxylic acids is 1. The van der Waals surface area contributed by atoms with E-state index in [-0.39, 0.29) is 23.7 Å². The van der Waals surface area contributed by atoms with E-state index in [9.17, 15) is 4.79 Å². The number of carbonyl (C=O) groups is 1. The van der Waals surface area contributed by atoms with Crippen LogP contribution in [0.15, 0.2) is 42.7 Å². The third-order valence-corrected chi connectivity index (χ3v) is 4.64. The summed E-state index contributed by atoms with van der Waals surface area (Å²) in [4.78, 5) is 12.4. The number of benzene rings is 1. The number of hydrogen-bond donors (Lipinski definition) is 2. The van der Waals surface area contributed by atoms with Crippen LogP contribution in [0.2, 0.25) is 0 Å². The van der Waals surface area contributed by atoms with Gasteiger partial charge in [0.2, 0.25) is 0 Å². The smallest absolute Gasteiger partial charge is 0.251 e. The molecule has 1 aliphatic heterocycles. The molecule has 0 bridgehead atoms. The molecule has 2 aromatic rings. The zero-order valence-corrected chi connectivity index (χ0v) is 15.2. The highest BCUT2D eigenvalue weighted by Gasteiger charge is 2.32. The molecule has 7 heteroatoms. The number of aromatic nitrogens is 2. The van der Waals surface area contributed by atoms with Crippen molar-refractivity contribution < 1.29 is 9.53 Å². The molecule has 3 rings (SSSR count). The van der Waals surface area contributed by atoms with E-state index in [0.717, 1.165) is 31.6 Å². The SMILES string of the molecule is COCC1(CNC(=O)c2ccc(-n3cccn3)cc2)CCNCC1.Cl. The van der Waals surface area contributed by atoms with E-state index in [1.54, 1.807) is 18.0 Å². The summed E-state index contributed by atoms with van der Waals surface area (Å²) in [7, 11) is 1.72. The Morgan fingerprint density at radius 1 is 1.32 bits per heavy atom. The van der Waals surface area contributed by atoms with Crippen LogP contribution in [-0.4, -0.2) is 49.0 Å². The first kappa shape index (κ1) is 19.4. The van der Waals surface area contributed by atoms with Gasteiger partial charge in [0.05, 0.1) is 12.3 Å². The fourth-order valence-corrected chi connectivity index (χ4v) is 3.19. The molecule has 1 aliphatic rings. The summed E-state index contributed by atoms with van der Waals surface area (Å²) in [6, 6.07) is 9.33. The molecule has 0 saturated carbocycles. The van der Waals surface area contributed by atoms with Crippen LogP contribution in [0.25, 0.3) is 5.69 Å². The Labute approximate surface area is 154 Å². The second-order valence-corrected chi connectivity index (χ2v) is 6.36. The summed E-state index contributed by atoms with van der Waals surface area (Å²) in [6.07, 6.45) is 5.63. The van der Waals surface area contributed by atoms with E-state index >= 15 is 0 Å². The normalized spacial score (nSPS) is 16.0. The van der Waals surface area contributed by atoms with Gasteiger partial charge in [-0.1, -0.05) is 0 Å². The van der Waals surface area contributed by atoms with Crippen LogP contribution < -0.4 is 10.6 Å². The molecular formula is C18H25ClN4O2. The van der Waals surface area contributed by atoms with Crippen LogP contribution in [0.3, 0.4) is 0 Å². The summed E-state index contributed by atoms with van der Waals surface area (Å²) < 4.78 is 7.16. The van der Waals surface area contributed by atoms with Gasteiger partial charge in [-0.15, -0.1) is 12.4 Å². The molecule has 1 aromatic heterocycles. The van der Waals surface area contributed by atoms with Crippen LogP contribution in [0.4, 0.5) is 0 Å². The Hall–Kier alpha value is -1.89. The van der Waals surface area contributed by atoms with Crippen LogP contribution in [0.5, 0.6) is 0 Å². The quantitative estimate of drug-likeness (QED) is 0.823. The summed E-state index contributed by atoms with van der Waals surface area (Å²) in [5.41, 5.74) is 1.63. The van der Waals surface area contributed by atoms with Crippen LogP contribution in [0, 0.1) is 5.41 Å². The summed E-state index contributed by atoms with van der Waals surface area (Å²) in [5.74, 6) is -0.0453. The topological polar surface area (TPSA) is 68.2 Å². The van der Waals surface area contributed by atoms with Crippen molar-refractivity contribution in [2.45, 2.75) is 12.8 Å². The minimum Gasteiger partial charge on any atom is -0.384 e. The van der Waals surface area contributed by atoms with Crippen LogP contribution in [0.1, 0.15) is 23.2 Å². The lowest BCUT2D eigenvalue weighted by Gasteiger charge is -2.37. The Morgan fingerprint density at radius 3 is 2.64 bits per heavy atom. The van der Waals surface area contributed by atoms with Crippen molar-refractivity contribution in [1.82, 2.24) is 20.4 Å². The molecule has 25 heavy (non-hydrogen) atoms. The molecule has 1 fully saturated rings. The van der Waals surface area contributed by atoms with E-state index in [0.29, 0.717) is 18.7 Å². The number of halogens is 1. The maximum absolute atomic E-state index is 12.4. The van der Waals surface area contributed by atoms with Crippen LogP contribution >= 0.6 is 12.4 Å². The van der Waals surface area contributed by atoms with E-state index in [4.69, 9.17) is 4.74 Å². The predicted molar refractivity (Wildman–Crippen MR) is 99.6 cm³/mol. The van der Waals surface area contributed by atoms with Crippen molar-refractivity contribution in [2.75, 3.05) is 33.4 Å². The van der Waals surface area contributed by atoms with Crippen molar-refractivity contribution >= 4 is 18.3 Å². The van der Waals surface area contributed by atoms with Crippen molar-refractivity contribution in [3.63, 3.8) is 0 Å². The second kappa shape index (κ2) is 8.99. The Bertz CT molecular complexity index is 647. The van der Waals surface area contributed by atoms with Gasteiger partial charge in [0.1, 0.15) is 0 Å². The van der Waals surface area contributed by atoms with Crippen molar-refractivity contribution in [1.29, 1.82) is 0 Å². The molecule has 1 saturated heterocycles. The molecule has 0 radical (unpaired) electrons. The van der Waals surface area contributed by atoms with Gasteiger partial charge in [-0.05, 0) is 56.3 Å². The zero-order valence-electron chi connectivity index (χ0n) is 14.4. The molecule has 2 N–H and O–H groups in total.